The summed E-state index contributed by atoms with van der Waals surface area (Å²) in [6, 6.07) is 4.11. The molecule has 0 spiro atoms. The number of allylic oxidation sites excluding steroid dienone is 2. The first-order chi connectivity index (χ1) is 18.5. The van der Waals surface area contributed by atoms with Gasteiger partial charge < -0.3 is 18.9 Å². The summed E-state index contributed by atoms with van der Waals surface area (Å²) in [5.74, 6) is 0.321. The number of rotatable bonds is 8. The number of thioether (sulfide) groups is 1. The lowest BCUT2D eigenvalue weighted by atomic mass is 9.46. The lowest BCUT2D eigenvalue weighted by Gasteiger charge is -2.63. The quantitative estimate of drug-likeness (QED) is 0.109. The van der Waals surface area contributed by atoms with E-state index >= 15 is 0 Å². The van der Waals surface area contributed by atoms with Gasteiger partial charge in [-0.15, -0.1) is 23.1 Å². The molecule has 5 rings (SSSR count). The lowest BCUT2D eigenvalue weighted by molar-refractivity contribution is -0.344. The van der Waals surface area contributed by atoms with Crippen molar-refractivity contribution in [2.24, 2.45) is 22.7 Å². The molecule has 2 saturated heterocycles. The smallest absolute Gasteiger partial charge is 0.337 e. The minimum atomic E-state index is -0.633. The number of ether oxygens (including phenoxy) is 4. The van der Waals surface area contributed by atoms with E-state index in [1.165, 1.54) is 9.78 Å². The Hall–Kier alpha value is -1.61. The molecule has 0 unspecified atom stereocenters. The molecule has 6 atom stereocenters. The summed E-state index contributed by atoms with van der Waals surface area (Å²) in [4.78, 5) is 25.2. The van der Waals surface area contributed by atoms with Crippen LogP contribution >= 0.6 is 23.1 Å². The van der Waals surface area contributed by atoms with Crippen LogP contribution in [0.2, 0.25) is 0 Å². The molecule has 1 aromatic rings. The Kier molecular flexibility index (Phi) is 8.41. The van der Waals surface area contributed by atoms with Crippen molar-refractivity contribution in [2.75, 3.05) is 19.0 Å². The Morgan fingerprint density at radius 3 is 2.85 bits per heavy atom. The molecular formula is C31H42O6S2. The Morgan fingerprint density at radius 1 is 1.26 bits per heavy atom. The van der Waals surface area contributed by atoms with Crippen molar-refractivity contribution in [1.82, 2.24) is 0 Å². The van der Waals surface area contributed by atoms with Gasteiger partial charge in [0.05, 0.1) is 22.5 Å². The first-order valence-electron chi connectivity index (χ1n) is 14.2. The normalized spacial score (nSPS) is 36.8. The van der Waals surface area contributed by atoms with E-state index < -0.39 is 11.9 Å². The highest BCUT2D eigenvalue weighted by molar-refractivity contribution is 8.01. The summed E-state index contributed by atoms with van der Waals surface area (Å²) in [7, 11) is 0. The molecule has 0 N–H and O–H groups in total. The molecule has 214 valence electrons. The van der Waals surface area contributed by atoms with Gasteiger partial charge >= 0.3 is 11.9 Å². The summed E-state index contributed by atoms with van der Waals surface area (Å²) < 4.78 is 24.9. The van der Waals surface area contributed by atoms with Gasteiger partial charge in [-0.05, 0) is 86.8 Å². The zero-order valence-corrected chi connectivity index (χ0v) is 25.3. The molecule has 4 fully saturated rings. The average molecular weight is 575 g/mol. The topological polar surface area (TPSA) is 71.1 Å². The SMILES string of the molecule is C=C1CC[C@@H]2[C@]3(C)COC(C)(C)O[C@@H]3CC[C@@]2(C)[C@@H]1C/C=C1/C(=O)OC[C@H]1OC(=O)CCCSc1cccs1. The second-order valence-corrected chi connectivity index (χ2v) is 14.8. The molecule has 4 aliphatic rings. The van der Waals surface area contributed by atoms with E-state index in [1.807, 2.05) is 26.0 Å². The largest absolute Gasteiger partial charge is 0.458 e. The summed E-state index contributed by atoms with van der Waals surface area (Å²) in [5, 5.41) is 2.05. The fraction of sp³-hybridized carbons (Fsp3) is 0.677. The van der Waals surface area contributed by atoms with Crippen molar-refractivity contribution in [3.8, 4) is 0 Å². The number of hydrogen-bond acceptors (Lipinski definition) is 8. The Morgan fingerprint density at radius 2 is 2.08 bits per heavy atom. The number of cyclic esters (lactones) is 1. The van der Waals surface area contributed by atoms with Gasteiger partial charge in [0.1, 0.15) is 6.61 Å². The number of carbonyl (C=O) groups excluding carboxylic acids is 2. The minimum absolute atomic E-state index is 0.0285. The van der Waals surface area contributed by atoms with Crippen molar-refractivity contribution >= 4 is 35.0 Å². The van der Waals surface area contributed by atoms with Gasteiger partial charge in [0.15, 0.2) is 11.9 Å². The molecule has 2 aliphatic carbocycles. The van der Waals surface area contributed by atoms with Gasteiger partial charge in [0.2, 0.25) is 0 Å². The highest BCUT2D eigenvalue weighted by atomic mass is 32.2. The van der Waals surface area contributed by atoms with Crippen molar-refractivity contribution in [2.45, 2.75) is 94.8 Å². The number of hydrogen-bond donors (Lipinski definition) is 0. The maximum absolute atomic E-state index is 12.6. The van der Waals surface area contributed by atoms with Gasteiger partial charge in [-0.25, -0.2) is 4.79 Å². The maximum atomic E-state index is 12.6. The van der Waals surface area contributed by atoms with Crippen LogP contribution in [0.3, 0.4) is 0 Å². The number of esters is 2. The summed E-state index contributed by atoms with van der Waals surface area (Å²) in [5.41, 5.74) is 1.69. The molecule has 0 aromatic carbocycles. The molecular weight excluding hydrogens is 532 g/mol. The summed E-state index contributed by atoms with van der Waals surface area (Å²) in [6.07, 6.45) is 7.35. The fourth-order valence-electron chi connectivity index (χ4n) is 7.46. The highest BCUT2D eigenvalue weighted by Crippen LogP contribution is 2.63. The zero-order valence-electron chi connectivity index (χ0n) is 23.7. The van der Waals surface area contributed by atoms with E-state index in [1.54, 1.807) is 23.1 Å². The maximum Gasteiger partial charge on any atom is 0.337 e. The first-order valence-corrected chi connectivity index (χ1v) is 16.1. The second-order valence-electron chi connectivity index (χ2n) is 12.5. The van der Waals surface area contributed by atoms with E-state index in [-0.39, 0.29) is 41.4 Å². The van der Waals surface area contributed by atoms with E-state index in [4.69, 9.17) is 18.9 Å². The summed E-state index contributed by atoms with van der Waals surface area (Å²) in [6.45, 7) is 14.0. The monoisotopic (exact) mass is 574 g/mol. The van der Waals surface area contributed by atoms with Crippen molar-refractivity contribution in [1.29, 1.82) is 0 Å². The number of thiophene rings is 1. The molecule has 8 heteroatoms. The van der Waals surface area contributed by atoms with E-state index in [0.717, 1.165) is 37.9 Å². The molecule has 39 heavy (non-hydrogen) atoms. The Labute approximate surface area is 240 Å². The molecule has 0 amide bonds. The lowest BCUT2D eigenvalue weighted by Crippen LogP contribution is -2.62. The zero-order chi connectivity index (χ0) is 27.8. The van der Waals surface area contributed by atoms with E-state index in [0.29, 0.717) is 30.9 Å². The molecule has 3 heterocycles. The third-order valence-electron chi connectivity index (χ3n) is 9.53. The molecule has 6 nitrogen and oxygen atoms in total. The first kappa shape index (κ1) is 28.9. The van der Waals surface area contributed by atoms with Gasteiger partial charge in [0.25, 0.3) is 0 Å². The van der Waals surface area contributed by atoms with E-state index in [9.17, 15) is 9.59 Å². The standard InChI is InChI=1S/C31H42O6S2/c1-20-10-13-24-30(4,15-14-25-31(24,5)19-35-29(2,3)37-25)22(20)12-11-21-23(18-34-28(21)33)36-26(32)8-6-16-38-27-9-7-17-39-27/h7,9,11,17,22-25H,1,6,8,10,12-16,18-19H2,2-5H3/b21-11+/t22-,23-,24+,25-,30+,31+/m1/s1. The molecule has 0 bridgehead atoms. The predicted octanol–water partition coefficient (Wildman–Crippen LogP) is 6.95. The van der Waals surface area contributed by atoms with Crippen LogP contribution in [-0.4, -0.2) is 48.9 Å². The minimum Gasteiger partial charge on any atom is -0.458 e. The predicted molar refractivity (Wildman–Crippen MR) is 154 cm³/mol. The molecule has 2 saturated carbocycles. The molecule has 1 aromatic heterocycles. The van der Waals surface area contributed by atoms with Crippen molar-refractivity contribution < 1.29 is 28.5 Å². The van der Waals surface area contributed by atoms with Gasteiger partial charge in [-0.2, -0.15) is 0 Å². The van der Waals surface area contributed by atoms with Crippen LogP contribution in [0.25, 0.3) is 0 Å². The van der Waals surface area contributed by atoms with Crippen LogP contribution in [0.15, 0.2) is 45.5 Å². The van der Waals surface area contributed by atoms with Gasteiger partial charge in [0, 0.05) is 11.8 Å². The van der Waals surface area contributed by atoms with Crippen LogP contribution in [0.4, 0.5) is 0 Å². The number of carbonyl (C=O) groups is 2. The van der Waals surface area contributed by atoms with E-state index in [2.05, 4.69) is 31.9 Å². The van der Waals surface area contributed by atoms with Crippen LogP contribution < -0.4 is 0 Å². The fourth-order valence-corrected chi connectivity index (χ4v) is 9.27. The second kappa shape index (κ2) is 11.3. The summed E-state index contributed by atoms with van der Waals surface area (Å²) >= 11 is 3.45. The van der Waals surface area contributed by atoms with Crippen LogP contribution in [-0.2, 0) is 28.5 Å². The Bertz CT molecular complexity index is 1110. The van der Waals surface area contributed by atoms with Crippen LogP contribution in [0.5, 0.6) is 0 Å². The van der Waals surface area contributed by atoms with Gasteiger partial charge in [-0.3, -0.25) is 4.79 Å². The van der Waals surface area contributed by atoms with Crippen molar-refractivity contribution in [3.05, 3.63) is 41.3 Å². The molecule has 2 aliphatic heterocycles. The Balaban J connectivity index is 1.23. The third-order valence-corrected chi connectivity index (χ3v) is 11.8. The number of fused-ring (bicyclic) bond motifs is 3. The average Bonchev–Trinajstić information content (AvgIpc) is 3.52. The third kappa shape index (κ3) is 5.90. The highest BCUT2D eigenvalue weighted by Gasteiger charge is 2.60. The van der Waals surface area contributed by atoms with Crippen molar-refractivity contribution in [3.63, 3.8) is 0 Å². The molecule has 0 radical (unpaired) electrons. The van der Waals surface area contributed by atoms with Crippen LogP contribution in [0, 0.1) is 22.7 Å². The van der Waals surface area contributed by atoms with Crippen LogP contribution in [0.1, 0.15) is 72.6 Å². The van der Waals surface area contributed by atoms with Gasteiger partial charge in [-0.1, -0.05) is 38.1 Å².